The summed E-state index contributed by atoms with van der Waals surface area (Å²) in [6.45, 7) is 6.95. The maximum absolute atomic E-state index is 3.60. The van der Waals surface area contributed by atoms with E-state index in [4.69, 9.17) is 0 Å². The maximum Gasteiger partial charge on any atom is 0.0374 e. The van der Waals surface area contributed by atoms with Crippen LogP contribution in [0.25, 0.3) is 0 Å². The van der Waals surface area contributed by atoms with Crippen LogP contribution in [0.2, 0.25) is 0 Å². The third-order valence-electron chi connectivity index (χ3n) is 4.94. The minimum atomic E-state index is 0.422. The lowest BCUT2D eigenvalue weighted by Crippen LogP contribution is -2.36. The van der Waals surface area contributed by atoms with Crippen molar-refractivity contribution >= 4 is 0 Å². The van der Waals surface area contributed by atoms with E-state index in [1.165, 1.54) is 48.8 Å². The molecule has 100 valence electrons. The lowest BCUT2D eigenvalue weighted by molar-refractivity contribution is 0.150. The van der Waals surface area contributed by atoms with Crippen LogP contribution in [-0.4, -0.2) is 7.05 Å². The Kier molecular flexibility index (Phi) is 4.11. The van der Waals surface area contributed by atoms with Gasteiger partial charge < -0.3 is 5.32 Å². The Balaban J connectivity index is 2.35. The molecule has 1 aromatic rings. The fourth-order valence-electron chi connectivity index (χ4n) is 3.61. The van der Waals surface area contributed by atoms with Gasteiger partial charge in [-0.05, 0) is 55.8 Å². The van der Waals surface area contributed by atoms with Crippen molar-refractivity contribution in [2.45, 2.75) is 58.9 Å². The summed E-state index contributed by atoms with van der Waals surface area (Å²) in [5.41, 5.74) is 4.80. The molecule has 0 aromatic heterocycles. The smallest absolute Gasteiger partial charge is 0.0374 e. The highest BCUT2D eigenvalue weighted by atomic mass is 14.9. The van der Waals surface area contributed by atoms with Crippen LogP contribution in [0.15, 0.2) is 18.2 Å². The Morgan fingerprint density at radius 2 is 1.78 bits per heavy atom. The second-order valence-electron chi connectivity index (χ2n) is 6.23. The van der Waals surface area contributed by atoms with Gasteiger partial charge in [0.1, 0.15) is 0 Å². The minimum absolute atomic E-state index is 0.422. The van der Waals surface area contributed by atoms with E-state index in [-0.39, 0.29) is 0 Å². The first-order valence-corrected chi connectivity index (χ1v) is 7.32. The lowest BCUT2D eigenvalue weighted by Gasteiger charge is -2.41. The lowest BCUT2D eigenvalue weighted by atomic mass is 9.68. The van der Waals surface area contributed by atoms with E-state index in [1.807, 2.05) is 0 Å². The Morgan fingerprint density at radius 3 is 2.39 bits per heavy atom. The third kappa shape index (κ3) is 2.47. The topological polar surface area (TPSA) is 12.0 Å². The first-order valence-electron chi connectivity index (χ1n) is 7.32. The molecule has 1 saturated carbocycles. The van der Waals surface area contributed by atoms with E-state index in [0.717, 1.165) is 0 Å². The van der Waals surface area contributed by atoms with E-state index in [9.17, 15) is 0 Å². The van der Waals surface area contributed by atoms with Gasteiger partial charge in [-0.3, -0.25) is 0 Å². The van der Waals surface area contributed by atoms with Crippen LogP contribution < -0.4 is 5.32 Å². The normalized spacial score (nSPS) is 20.7. The molecule has 1 heteroatoms. The number of aryl methyl sites for hydroxylation is 1. The number of nitrogens with one attached hydrogen (secondary N) is 1. The molecule has 1 N–H and O–H groups in total. The number of hydrogen-bond donors (Lipinski definition) is 1. The fourth-order valence-corrected chi connectivity index (χ4v) is 3.61. The summed E-state index contributed by atoms with van der Waals surface area (Å²) < 4.78 is 0. The third-order valence-corrected chi connectivity index (χ3v) is 4.94. The highest BCUT2D eigenvalue weighted by Gasteiger charge is 2.36. The Morgan fingerprint density at radius 1 is 1.11 bits per heavy atom. The molecule has 2 rings (SSSR count). The van der Waals surface area contributed by atoms with Gasteiger partial charge in [-0.2, -0.15) is 0 Å². The molecule has 1 aliphatic carbocycles. The van der Waals surface area contributed by atoms with Crippen molar-refractivity contribution in [3.05, 3.63) is 34.9 Å². The summed E-state index contributed by atoms with van der Waals surface area (Å²) in [5, 5.41) is 3.60. The molecule has 0 spiro atoms. The van der Waals surface area contributed by atoms with Crippen molar-refractivity contribution in [3.8, 4) is 0 Å². The second kappa shape index (κ2) is 5.44. The van der Waals surface area contributed by atoms with Crippen molar-refractivity contribution in [2.24, 2.45) is 5.41 Å². The van der Waals surface area contributed by atoms with Gasteiger partial charge in [0.05, 0.1) is 0 Å². The van der Waals surface area contributed by atoms with Gasteiger partial charge in [0.15, 0.2) is 0 Å². The largest absolute Gasteiger partial charge is 0.313 e. The van der Waals surface area contributed by atoms with Gasteiger partial charge in [-0.1, -0.05) is 44.4 Å². The van der Waals surface area contributed by atoms with Gasteiger partial charge >= 0.3 is 0 Å². The molecule has 1 nitrogen and oxygen atoms in total. The van der Waals surface area contributed by atoms with Crippen LogP contribution in [0, 0.1) is 19.3 Å². The van der Waals surface area contributed by atoms with E-state index >= 15 is 0 Å². The van der Waals surface area contributed by atoms with E-state index in [2.05, 4.69) is 51.3 Å². The predicted molar refractivity (Wildman–Crippen MR) is 78.9 cm³/mol. The summed E-state index contributed by atoms with van der Waals surface area (Å²) in [6, 6.07) is 7.23. The van der Waals surface area contributed by atoms with Gasteiger partial charge in [0.2, 0.25) is 0 Å². The average Bonchev–Trinajstić information content (AvgIpc) is 2.36. The quantitative estimate of drug-likeness (QED) is 0.824. The molecule has 18 heavy (non-hydrogen) atoms. The monoisotopic (exact) mass is 245 g/mol. The second-order valence-corrected chi connectivity index (χ2v) is 6.23. The zero-order chi connectivity index (χ0) is 13.2. The molecular weight excluding hydrogens is 218 g/mol. The molecule has 0 aliphatic heterocycles. The molecule has 0 bridgehead atoms. The highest BCUT2D eigenvalue weighted by Crippen LogP contribution is 2.46. The van der Waals surface area contributed by atoms with Gasteiger partial charge in [-0.15, -0.1) is 0 Å². The van der Waals surface area contributed by atoms with Gasteiger partial charge in [0.25, 0.3) is 0 Å². The molecule has 1 unspecified atom stereocenters. The zero-order valence-corrected chi connectivity index (χ0v) is 12.3. The van der Waals surface area contributed by atoms with Gasteiger partial charge in [-0.25, -0.2) is 0 Å². The van der Waals surface area contributed by atoms with Crippen LogP contribution in [0.4, 0.5) is 0 Å². The summed E-state index contributed by atoms with van der Waals surface area (Å²) in [7, 11) is 2.12. The van der Waals surface area contributed by atoms with Crippen LogP contribution in [0.5, 0.6) is 0 Å². The fraction of sp³-hybridized carbons (Fsp3) is 0.647. The summed E-state index contributed by atoms with van der Waals surface area (Å²) >= 11 is 0. The maximum atomic E-state index is 3.60. The minimum Gasteiger partial charge on any atom is -0.313 e. The predicted octanol–water partition coefficient (Wildman–Crippen LogP) is 4.53. The van der Waals surface area contributed by atoms with Crippen LogP contribution >= 0.6 is 0 Å². The molecule has 0 heterocycles. The Bertz CT molecular complexity index is 402. The number of benzene rings is 1. The zero-order valence-electron chi connectivity index (χ0n) is 12.3. The molecule has 0 saturated heterocycles. The Hall–Kier alpha value is -0.820. The highest BCUT2D eigenvalue weighted by molar-refractivity contribution is 5.36. The molecule has 1 fully saturated rings. The standard InChI is InChI=1S/C17H27N/c1-13-9-8-10-15(14(13)2)16(18-4)17(3)11-6-5-7-12-17/h8-10,16,18H,5-7,11-12H2,1-4H3. The van der Waals surface area contributed by atoms with Crippen molar-refractivity contribution < 1.29 is 0 Å². The number of hydrogen-bond acceptors (Lipinski definition) is 1. The number of rotatable bonds is 3. The van der Waals surface area contributed by atoms with Crippen LogP contribution in [0.3, 0.4) is 0 Å². The van der Waals surface area contributed by atoms with Crippen molar-refractivity contribution in [1.82, 2.24) is 5.32 Å². The molecule has 1 aliphatic rings. The van der Waals surface area contributed by atoms with Crippen molar-refractivity contribution in [3.63, 3.8) is 0 Å². The van der Waals surface area contributed by atoms with Crippen LogP contribution in [-0.2, 0) is 0 Å². The molecule has 0 amide bonds. The van der Waals surface area contributed by atoms with Crippen molar-refractivity contribution in [2.75, 3.05) is 7.05 Å². The first kappa shape index (κ1) is 13.6. The Labute approximate surface area is 112 Å². The molecule has 0 radical (unpaired) electrons. The molecule has 1 atom stereocenters. The van der Waals surface area contributed by atoms with E-state index < -0.39 is 0 Å². The molecular formula is C17H27N. The first-order chi connectivity index (χ1) is 8.58. The van der Waals surface area contributed by atoms with Gasteiger partial charge in [0, 0.05) is 6.04 Å². The summed E-state index contributed by atoms with van der Waals surface area (Å²) in [6.07, 6.45) is 6.90. The summed E-state index contributed by atoms with van der Waals surface area (Å²) in [4.78, 5) is 0. The van der Waals surface area contributed by atoms with Crippen molar-refractivity contribution in [1.29, 1.82) is 0 Å². The molecule has 1 aromatic carbocycles. The van der Waals surface area contributed by atoms with E-state index in [1.54, 1.807) is 0 Å². The van der Waals surface area contributed by atoms with Crippen LogP contribution in [0.1, 0.15) is 61.8 Å². The average molecular weight is 245 g/mol. The summed E-state index contributed by atoms with van der Waals surface area (Å²) in [5.74, 6) is 0. The SMILES string of the molecule is CNC(c1cccc(C)c1C)C1(C)CCCCC1. The van der Waals surface area contributed by atoms with E-state index in [0.29, 0.717) is 11.5 Å².